The van der Waals surface area contributed by atoms with E-state index in [0.717, 1.165) is 22.4 Å². The van der Waals surface area contributed by atoms with E-state index in [1.54, 1.807) is 12.1 Å². The first-order valence-electron chi connectivity index (χ1n) is 11.4. The second-order valence-electron chi connectivity index (χ2n) is 8.76. The maximum atomic E-state index is 12.9. The fourth-order valence-corrected chi connectivity index (χ4v) is 3.82. The molecule has 0 heterocycles. The highest BCUT2D eigenvalue weighted by Crippen LogP contribution is 2.32. The SMILES string of the molecule is CC(C)c1cccc(C(C)C)c1NC(=O)NC[C@H](NC(=O)c1ccccc1)c1ccccc1. The Morgan fingerprint density at radius 1 is 0.727 bits per heavy atom. The van der Waals surface area contributed by atoms with Crippen LogP contribution in [0.15, 0.2) is 78.9 Å². The van der Waals surface area contributed by atoms with Gasteiger partial charge in [0, 0.05) is 17.8 Å². The van der Waals surface area contributed by atoms with Crippen molar-refractivity contribution in [2.45, 2.75) is 45.6 Å². The topological polar surface area (TPSA) is 70.2 Å². The van der Waals surface area contributed by atoms with Gasteiger partial charge in [-0.3, -0.25) is 4.79 Å². The molecular weight excluding hydrogens is 410 g/mol. The predicted molar refractivity (Wildman–Crippen MR) is 135 cm³/mol. The highest BCUT2D eigenvalue weighted by Gasteiger charge is 2.19. The van der Waals surface area contributed by atoms with E-state index in [1.165, 1.54) is 0 Å². The predicted octanol–water partition coefficient (Wildman–Crippen LogP) is 6.23. The third-order valence-electron chi connectivity index (χ3n) is 5.62. The average molecular weight is 444 g/mol. The number of urea groups is 1. The molecule has 3 aromatic rings. The standard InChI is InChI=1S/C28H33N3O2/c1-19(2)23-16-11-17-24(20(3)4)26(23)31-28(33)29-18-25(21-12-7-5-8-13-21)30-27(32)22-14-9-6-10-15-22/h5-17,19-20,25H,18H2,1-4H3,(H,30,32)(H2,29,31,33)/t25-/m0/s1. The van der Waals surface area contributed by atoms with E-state index < -0.39 is 0 Å². The van der Waals surface area contributed by atoms with E-state index in [2.05, 4.69) is 55.8 Å². The highest BCUT2D eigenvalue weighted by atomic mass is 16.2. The molecule has 0 radical (unpaired) electrons. The third-order valence-corrected chi connectivity index (χ3v) is 5.62. The van der Waals surface area contributed by atoms with Gasteiger partial charge in [0.15, 0.2) is 0 Å². The van der Waals surface area contributed by atoms with Gasteiger partial charge in [-0.15, -0.1) is 0 Å². The van der Waals surface area contributed by atoms with Crippen LogP contribution >= 0.6 is 0 Å². The van der Waals surface area contributed by atoms with Crippen LogP contribution in [0.2, 0.25) is 0 Å². The van der Waals surface area contributed by atoms with E-state index in [9.17, 15) is 9.59 Å². The Labute approximate surface area is 196 Å². The van der Waals surface area contributed by atoms with Gasteiger partial charge in [-0.25, -0.2) is 4.79 Å². The van der Waals surface area contributed by atoms with Crippen molar-refractivity contribution in [2.24, 2.45) is 0 Å². The zero-order valence-corrected chi connectivity index (χ0v) is 19.8. The Hall–Kier alpha value is -3.60. The van der Waals surface area contributed by atoms with Crippen LogP contribution in [-0.2, 0) is 0 Å². The number of benzene rings is 3. The molecule has 5 heteroatoms. The van der Waals surface area contributed by atoms with Crippen LogP contribution in [0.3, 0.4) is 0 Å². The molecular formula is C28H33N3O2. The summed E-state index contributed by atoms with van der Waals surface area (Å²) in [7, 11) is 0. The fourth-order valence-electron chi connectivity index (χ4n) is 3.82. The van der Waals surface area contributed by atoms with Crippen LogP contribution in [0.4, 0.5) is 10.5 Å². The molecule has 0 unspecified atom stereocenters. The van der Waals surface area contributed by atoms with Crippen LogP contribution in [0, 0.1) is 0 Å². The summed E-state index contributed by atoms with van der Waals surface area (Å²) in [6, 6.07) is 24.2. The molecule has 3 rings (SSSR count). The molecule has 0 aliphatic carbocycles. The van der Waals surface area contributed by atoms with Gasteiger partial charge in [-0.1, -0.05) is 94.4 Å². The van der Waals surface area contributed by atoms with Crippen LogP contribution in [-0.4, -0.2) is 18.5 Å². The first-order chi connectivity index (χ1) is 15.9. The van der Waals surface area contributed by atoms with Crippen molar-refractivity contribution >= 4 is 17.6 Å². The number of nitrogens with one attached hydrogen (secondary N) is 3. The minimum Gasteiger partial charge on any atom is -0.343 e. The van der Waals surface area contributed by atoms with Crippen molar-refractivity contribution in [3.63, 3.8) is 0 Å². The lowest BCUT2D eigenvalue weighted by molar-refractivity contribution is 0.0936. The zero-order chi connectivity index (χ0) is 23.8. The molecule has 5 nitrogen and oxygen atoms in total. The van der Waals surface area contributed by atoms with Gasteiger partial charge in [-0.2, -0.15) is 0 Å². The van der Waals surface area contributed by atoms with E-state index in [4.69, 9.17) is 0 Å². The fraction of sp³-hybridized carbons (Fsp3) is 0.286. The Morgan fingerprint density at radius 3 is 1.82 bits per heavy atom. The molecule has 172 valence electrons. The molecule has 0 bridgehead atoms. The number of carbonyl (C=O) groups excluding carboxylic acids is 2. The second-order valence-corrected chi connectivity index (χ2v) is 8.76. The van der Waals surface area contributed by atoms with Crippen LogP contribution in [0.5, 0.6) is 0 Å². The molecule has 3 N–H and O–H groups in total. The minimum atomic E-state index is -0.366. The Balaban J connectivity index is 1.75. The summed E-state index contributed by atoms with van der Waals surface area (Å²) in [5.74, 6) is 0.376. The summed E-state index contributed by atoms with van der Waals surface area (Å²) in [6.45, 7) is 8.73. The Morgan fingerprint density at radius 2 is 1.27 bits per heavy atom. The summed E-state index contributed by atoms with van der Waals surface area (Å²) in [5.41, 5.74) is 4.58. The first kappa shape index (κ1) is 24.1. The van der Waals surface area contributed by atoms with Crippen molar-refractivity contribution in [2.75, 3.05) is 11.9 Å². The lowest BCUT2D eigenvalue weighted by Crippen LogP contribution is -2.39. The van der Waals surface area contributed by atoms with Gasteiger partial charge in [0.2, 0.25) is 0 Å². The van der Waals surface area contributed by atoms with Gasteiger partial charge >= 0.3 is 6.03 Å². The summed E-state index contributed by atoms with van der Waals surface area (Å²) >= 11 is 0. The molecule has 0 saturated heterocycles. The number of anilines is 1. The third kappa shape index (κ3) is 6.45. The van der Waals surface area contributed by atoms with Crippen LogP contribution in [0.1, 0.15) is 72.6 Å². The average Bonchev–Trinajstić information content (AvgIpc) is 2.82. The summed E-state index contributed by atoms with van der Waals surface area (Å²) in [6.07, 6.45) is 0. The van der Waals surface area contributed by atoms with Gasteiger partial charge < -0.3 is 16.0 Å². The largest absolute Gasteiger partial charge is 0.343 e. The Bertz CT molecular complexity index is 1040. The molecule has 0 spiro atoms. The minimum absolute atomic E-state index is 0.182. The van der Waals surface area contributed by atoms with Crippen molar-refractivity contribution in [3.8, 4) is 0 Å². The smallest absolute Gasteiger partial charge is 0.319 e. The molecule has 33 heavy (non-hydrogen) atoms. The van der Waals surface area contributed by atoms with Gasteiger partial charge in [0.1, 0.15) is 0 Å². The van der Waals surface area contributed by atoms with E-state index in [1.807, 2.05) is 54.6 Å². The molecule has 0 aliphatic rings. The van der Waals surface area contributed by atoms with Gasteiger partial charge in [0.05, 0.1) is 6.04 Å². The number of para-hydroxylation sites is 1. The van der Waals surface area contributed by atoms with E-state index in [-0.39, 0.29) is 36.4 Å². The zero-order valence-electron chi connectivity index (χ0n) is 19.8. The number of hydrogen-bond acceptors (Lipinski definition) is 2. The van der Waals surface area contributed by atoms with Crippen LogP contribution in [0.25, 0.3) is 0 Å². The van der Waals surface area contributed by atoms with Gasteiger partial charge in [0.25, 0.3) is 5.91 Å². The molecule has 1 atom stereocenters. The highest BCUT2D eigenvalue weighted by molar-refractivity contribution is 5.94. The number of rotatable bonds is 8. The summed E-state index contributed by atoms with van der Waals surface area (Å²) in [5, 5.41) is 9.07. The van der Waals surface area contributed by atoms with E-state index in [0.29, 0.717) is 5.56 Å². The molecule has 3 amide bonds. The monoisotopic (exact) mass is 443 g/mol. The normalized spacial score (nSPS) is 11.8. The molecule has 0 fully saturated rings. The lowest BCUT2D eigenvalue weighted by atomic mass is 9.93. The van der Waals surface area contributed by atoms with Crippen molar-refractivity contribution in [3.05, 3.63) is 101 Å². The number of hydrogen-bond donors (Lipinski definition) is 3. The summed E-state index contributed by atoms with van der Waals surface area (Å²) in [4.78, 5) is 25.7. The summed E-state index contributed by atoms with van der Waals surface area (Å²) < 4.78 is 0. The maximum Gasteiger partial charge on any atom is 0.319 e. The maximum absolute atomic E-state index is 12.9. The van der Waals surface area contributed by atoms with Crippen molar-refractivity contribution < 1.29 is 9.59 Å². The molecule has 0 saturated carbocycles. The number of amides is 3. The van der Waals surface area contributed by atoms with Crippen molar-refractivity contribution in [1.29, 1.82) is 0 Å². The Kier molecular flexibility index (Phi) is 8.25. The van der Waals surface area contributed by atoms with Crippen LogP contribution < -0.4 is 16.0 Å². The van der Waals surface area contributed by atoms with Crippen molar-refractivity contribution in [1.82, 2.24) is 10.6 Å². The molecule has 3 aromatic carbocycles. The molecule has 0 aliphatic heterocycles. The van der Waals surface area contributed by atoms with Gasteiger partial charge in [-0.05, 0) is 40.7 Å². The molecule has 0 aromatic heterocycles. The first-order valence-corrected chi connectivity index (χ1v) is 11.4. The number of carbonyl (C=O) groups is 2. The quantitative estimate of drug-likeness (QED) is 0.386. The van der Waals surface area contributed by atoms with E-state index >= 15 is 0 Å². The lowest BCUT2D eigenvalue weighted by Gasteiger charge is -2.22. The second kappa shape index (κ2) is 11.3.